The van der Waals surface area contributed by atoms with Crippen molar-refractivity contribution in [2.75, 3.05) is 6.61 Å². The Bertz CT molecular complexity index is 759. The predicted octanol–water partition coefficient (Wildman–Crippen LogP) is 4.14. The van der Waals surface area contributed by atoms with Crippen LogP contribution in [0.2, 0.25) is 0 Å². The Kier molecular flexibility index (Phi) is 7.09. The summed E-state index contributed by atoms with van der Waals surface area (Å²) in [5.41, 5.74) is 1.58. The van der Waals surface area contributed by atoms with E-state index in [1.807, 2.05) is 43.3 Å². The van der Waals surface area contributed by atoms with Gasteiger partial charge in [-0.15, -0.1) is 11.8 Å². The molecule has 26 heavy (non-hydrogen) atoms. The number of hydrogen-bond donors (Lipinski definition) is 2. The van der Waals surface area contributed by atoms with E-state index >= 15 is 0 Å². The molecule has 0 aliphatic carbocycles. The second-order valence-corrected chi connectivity index (χ2v) is 7.73. The maximum Gasteiger partial charge on any atom is 0.341 e. The molecule has 0 radical (unpaired) electrons. The summed E-state index contributed by atoms with van der Waals surface area (Å²) >= 11 is 1.66. The Hall–Kier alpha value is -2.47. The van der Waals surface area contributed by atoms with E-state index in [1.54, 1.807) is 23.9 Å². The van der Waals surface area contributed by atoms with Crippen LogP contribution < -0.4 is 10.1 Å². The van der Waals surface area contributed by atoms with Crippen molar-refractivity contribution in [3.05, 3.63) is 59.7 Å². The number of carboxylic acids is 1. The molecule has 0 spiro atoms. The minimum absolute atomic E-state index is 0.118. The Morgan fingerprint density at radius 3 is 2.35 bits per heavy atom. The van der Waals surface area contributed by atoms with Gasteiger partial charge in [0.15, 0.2) is 6.61 Å². The molecule has 2 aromatic carbocycles. The van der Waals surface area contributed by atoms with Gasteiger partial charge >= 0.3 is 5.97 Å². The first-order chi connectivity index (χ1) is 12.4. The maximum atomic E-state index is 12.7. The molecular weight excluding hydrogens is 350 g/mol. The van der Waals surface area contributed by atoms with Crippen LogP contribution in [-0.4, -0.2) is 28.8 Å². The lowest BCUT2D eigenvalue weighted by molar-refractivity contribution is -0.139. The third-order valence-corrected chi connectivity index (χ3v) is 4.67. The van der Waals surface area contributed by atoms with E-state index in [1.165, 1.54) is 0 Å². The number of hydrogen-bond acceptors (Lipinski definition) is 4. The van der Waals surface area contributed by atoms with Gasteiger partial charge in [-0.3, -0.25) is 4.79 Å². The van der Waals surface area contributed by atoms with Gasteiger partial charge in [0.25, 0.3) is 5.91 Å². The molecule has 0 fully saturated rings. The topological polar surface area (TPSA) is 75.6 Å². The van der Waals surface area contributed by atoms with Gasteiger partial charge < -0.3 is 15.2 Å². The number of carbonyl (C=O) groups is 2. The molecule has 2 rings (SSSR count). The summed E-state index contributed by atoms with van der Waals surface area (Å²) < 4.78 is 5.12. The molecule has 0 aliphatic heterocycles. The van der Waals surface area contributed by atoms with Gasteiger partial charge in [0.2, 0.25) is 0 Å². The fraction of sp³-hybridized carbons (Fsp3) is 0.300. The minimum atomic E-state index is -1.02. The zero-order chi connectivity index (χ0) is 19.1. The number of carbonyl (C=O) groups excluding carboxylic acids is 1. The van der Waals surface area contributed by atoms with E-state index in [0.29, 0.717) is 16.6 Å². The summed E-state index contributed by atoms with van der Waals surface area (Å²) in [6.45, 7) is 5.71. The standard InChI is InChI=1S/C20H23NO4S/c1-13(2)26-18-7-5-4-6-17(18)20(24)21-14(3)15-8-10-16(11-9-15)25-12-19(22)23/h4-11,13-14H,12H2,1-3H3,(H,21,24)(H,22,23). The average Bonchev–Trinajstić information content (AvgIpc) is 2.60. The fourth-order valence-electron chi connectivity index (χ4n) is 2.37. The van der Waals surface area contributed by atoms with Crippen LogP contribution in [0.4, 0.5) is 0 Å². The van der Waals surface area contributed by atoms with Crippen LogP contribution in [-0.2, 0) is 4.79 Å². The third-order valence-electron chi connectivity index (χ3n) is 3.58. The van der Waals surface area contributed by atoms with Crippen LogP contribution in [0.15, 0.2) is 53.4 Å². The average molecular weight is 373 g/mol. The van der Waals surface area contributed by atoms with Crippen molar-refractivity contribution in [2.45, 2.75) is 37.0 Å². The zero-order valence-corrected chi connectivity index (χ0v) is 15.9. The highest BCUT2D eigenvalue weighted by Crippen LogP contribution is 2.27. The van der Waals surface area contributed by atoms with Crippen molar-refractivity contribution in [3.63, 3.8) is 0 Å². The monoisotopic (exact) mass is 373 g/mol. The fourth-order valence-corrected chi connectivity index (χ4v) is 3.32. The minimum Gasteiger partial charge on any atom is -0.482 e. The van der Waals surface area contributed by atoms with Crippen LogP contribution in [0.3, 0.4) is 0 Å². The number of nitrogens with one attached hydrogen (secondary N) is 1. The van der Waals surface area contributed by atoms with E-state index in [2.05, 4.69) is 19.2 Å². The summed E-state index contributed by atoms with van der Waals surface area (Å²) in [5.74, 6) is -0.659. The number of amides is 1. The molecule has 138 valence electrons. The number of thioether (sulfide) groups is 1. The Morgan fingerprint density at radius 2 is 1.73 bits per heavy atom. The van der Waals surface area contributed by atoms with E-state index in [9.17, 15) is 9.59 Å². The number of benzene rings is 2. The highest BCUT2D eigenvalue weighted by Gasteiger charge is 2.15. The predicted molar refractivity (Wildman–Crippen MR) is 103 cm³/mol. The second kappa shape index (κ2) is 9.29. The van der Waals surface area contributed by atoms with Gasteiger partial charge in [-0.05, 0) is 36.8 Å². The Labute approximate surface area is 157 Å². The first-order valence-electron chi connectivity index (χ1n) is 8.38. The molecule has 5 nitrogen and oxygen atoms in total. The van der Waals surface area contributed by atoms with Crippen molar-refractivity contribution >= 4 is 23.6 Å². The SMILES string of the molecule is CC(C)Sc1ccccc1C(=O)NC(C)c1ccc(OCC(=O)O)cc1. The lowest BCUT2D eigenvalue weighted by Gasteiger charge is -2.17. The van der Waals surface area contributed by atoms with Gasteiger partial charge in [-0.1, -0.05) is 38.1 Å². The van der Waals surface area contributed by atoms with Crippen molar-refractivity contribution in [3.8, 4) is 5.75 Å². The molecule has 2 aromatic rings. The van der Waals surface area contributed by atoms with Crippen molar-refractivity contribution in [1.82, 2.24) is 5.32 Å². The Morgan fingerprint density at radius 1 is 1.08 bits per heavy atom. The molecule has 0 aromatic heterocycles. The lowest BCUT2D eigenvalue weighted by atomic mass is 10.1. The molecule has 6 heteroatoms. The van der Waals surface area contributed by atoms with Crippen molar-refractivity contribution in [1.29, 1.82) is 0 Å². The van der Waals surface area contributed by atoms with Crippen LogP contribution in [0.5, 0.6) is 5.75 Å². The first kappa shape index (κ1) is 19.8. The van der Waals surface area contributed by atoms with Crippen molar-refractivity contribution < 1.29 is 19.4 Å². The summed E-state index contributed by atoms with van der Waals surface area (Å²) in [4.78, 5) is 24.1. The van der Waals surface area contributed by atoms with Crippen LogP contribution >= 0.6 is 11.8 Å². The number of ether oxygens (including phenoxy) is 1. The van der Waals surface area contributed by atoms with Gasteiger partial charge in [0.05, 0.1) is 11.6 Å². The summed E-state index contributed by atoms with van der Waals surface area (Å²) in [5, 5.41) is 12.0. The molecule has 1 unspecified atom stereocenters. The normalized spacial score (nSPS) is 11.8. The molecular formula is C20H23NO4S. The second-order valence-electron chi connectivity index (χ2n) is 6.11. The lowest BCUT2D eigenvalue weighted by Crippen LogP contribution is -2.27. The van der Waals surface area contributed by atoms with Gasteiger partial charge in [-0.25, -0.2) is 4.79 Å². The molecule has 1 amide bonds. The highest BCUT2D eigenvalue weighted by molar-refractivity contribution is 8.00. The summed E-state index contributed by atoms with van der Waals surface area (Å²) in [6, 6.07) is 14.4. The molecule has 0 bridgehead atoms. The van der Waals surface area contributed by atoms with Gasteiger partial charge in [0, 0.05) is 10.1 Å². The molecule has 0 saturated carbocycles. The highest BCUT2D eigenvalue weighted by atomic mass is 32.2. The smallest absolute Gasteiger partial charge is 0.341 e. The summed E-state index contributed by atoms with van der Waals surface area (Å²) in [7, 11) is 0. The first-order valence-corrected chi connectivity index (χ1v) is 9.26. The van der Waals surface area contributed by atoms with Crippen LogP contribution in [0.25, 0.3) is 0 Å². The van der Waals surface area contributed by atoms with E-state index in [0.717, 1.165) is 10.5 Å². The molecule has 0 aliphatic rings. The largest absolute Gasteiger partial charge is 0.482 e. The van der Waals surface area contributed by atoms with Crippen molar-refractivity contribution in [2.24, 2.45) is 0 Å². The van der Waals surface area contributed by atoms with E-state index in [-0.39, 0.29) is 18.6 Å². The molecule has 1 atom stereocenters. The molecule has 0 saturated heterocycles. The maximum absolute atomic E-state index is 12.7. The number of carboxylic acid groups (broad SMARTS) is 1. The number of rotatable bonds is 8. The third kappa shape index (κ3) is 5.81. The van der Waals surface area contributed by atoms with Crippen LogP contribution in [0, 0.1) is 0 Å². The van der Waals surface area contributed by atoms with Gasteiger partial charge in [-0.2, -0.15) is 0 Å². The van der Waals surface area contributed by atoms with Crippen LogP contribution in [0.1, 0.15) is 42.7 Å². The quantitative estimate of drug-likeness (QED) is 0.680. The summed E-state index contributed by atoms with van der Waals surface area (Å²) in [6.07, 6.45) is 0. The van der Waals surface area contributed by atoms with E-state index < -0.39 is 5.97 Å². The molecule has 0 heterocycles. The number of aliphatic carboxylic acids is 1. The zero-order valence-electron chi connectivity index (χ0n) is 15.1. The molecule has 2 N–H and O–H groups in total. The van der Waals surface area contributed by atoms with E-state index in [4.69, 9.17) is 9.84 Å². The van der Waals surface area contributed by atoms with Gasteiger partial charge in [0.1, 0.15) is 5.75 Å². The Balaban J connectivity index is 2.04.